The highest BCUT2D eigenvalue weighted by atomic mass is 79.9. The van der Waals surface area contributed by atoms with Crippen LogP contribution in [0.3, 0.4) is 0 Å². The Balaban J connectivity index is 2.58. The minimum atomic E-state index is -0.380. The monoisotopic (exact) mass is 292 g/mol. The molecule has 15 heavy (non-hydrogen) atoms. The number of hydrogen-bond donors (Lipinski definition) is 2. The highest BCUT2D eigenvalue weighted by molar-refractivity contribution is 9.10. The summed E-state index contributed by atoms with van der Waals surface area (Å²) in [6.45, 7) is 4.41. The first-order valence-corrected chi connectivity index (χ1v) is 5.90. The number of pyridine rings is 1. The van der Waals surface area contributed by atoms with Gasteiger partial charge in [-0.25, -0.2) is 4.98 Å². The molecule has 1 aromatic heterocycles. The van der Waals surface area contributed by atoms with Gasteiger partial charge >= 0.3 is 0 Å². The van der Waals surface area contributed by atoms with Crippen molar-refractivity contribution >= 4 is 33.3 Å². The molecule has 3 nitrogen and oxygen atoms in total. The predicted octanol–water partition coefficient (Wildman–Crippen LogP) is 2.93. The van der Waals surface area contributed by atoms with Crippen LogP contribution in [0.25, 0.3) is 0 Å². The summed E-state index contributed by atoms with van der Waals surface area (Å²) < 4.78 is 0.797. The minimum Gasteiger partial charge on any atom is -0.391 e. The molecular weight excluding hydrogens is 279 g/mol. The quantitative estimate of drug-likeness (QED) is 0.897. The Hall–Kier alpha value is -0.320. The van der Waals surface area contributed by atoms with Crippen molar-refractivity contribution < 1.29 is 5.11 Å². The standard InChI is InChI=1S/C10H14BrClN2O/c1-6(2)9(15)5-14-10-8(11)3-7(12)4-13-10/h3-4,6,9,15H,5H2,1-2H3,(H,13,14). The fourth-order valence-electron chi connectivity index (χ4n) is 0.982. The van der Waals surface area contributed by atoms with Crippen molar-refractivity contribution in [2.45, 2.75) is 20.0 Å². The first-order chi connectivity index (χ1) is 7.00. The van der Waals surface area contributed by atoms with E-state index in [0.717, 1.165) is 4.47 Å². The van der Waals surface area contributed by atoms with Gasteiger partial charge in [-0.2, -0.15) is 0 Å². The molecule has 2 N–H and O–H groups in total. The molecule has 0 aliphatic heterocycles. The van der Waals surface area contributed by atoms with Crippen molar-refractivity contribution in [2.24, 2.45) is 5.92 Å². The zero-order valence-electron chi connectivity index (χ0n) is 8.67. The number of aromatic nitrogens is 1. The van der Waals surface area contributed by atoms with Crippen LogP contribution in [0.4, 0.5) is 5.82 Å². The molecule has 0 bridgehead atoms. The van der Waals surface area contributed by atoms with Gasteiger partial charge in [0.15, 0.2) is 0 Å². The van der Waals surface area contributed by atoms with Gasteiger partial charge in [-0.1, -0.05) is 25.4 Å². The second-order valence-corrected chi connectivity index (χ2v) is 4.97. The van der Waals surface area contributed by atoms with E-state index in [9.17, 15) is 5.11 Å². The van der Waals surface area contributed by atoms with Crippen LogP contribution in [0.1, 0.15) is 13.8 Å². The van der Waals surface area contributed by atoms with Crippen molar-refractivity contribution in [1.82, 2.24) is 4.98 Å². The van der Waals surface area contributed by atoms with Crippen LogP contribution in [0, 0.1) is 5.92 Å². The number of rotatable bonds is 4. The lowest BCUT2D eigenvalue weighted by Gasteiger charge is -2.16. The number of halogens is 2. The van der Waals surface area contributed by atoms with Crippen LogP contribution in [0.15, 0.2) is 16.7 Å². The Bertz CT molecular complexity index is 333. The molecule has 5 heteroatoms. The number of nitrogens with one attached hydrogen (secondary N) is 1. The predicted molar refractivity (Wildman–Crippen MR) is 66.3 cm³/mol. The molecule has 1 rings (SSSR count). The van der Waals surface area contributed by atoms with E-state index in [0.29, 0.717) is 17.4 Å². The average molecular weight is 294 g/mol. The van der Waals surface area contributed by atoms with Crippen LogP contribution < -0.4 is 5.32 Å². The molecule has 0 fully saturated rings. The Kier molecular flexibility index (Phi) is 4.83. The zero-order valence-corrected chi connectivity index (χ0v) is 11.0. The van der Waals surface area contributed by atoms with Crippen molar-refractivity contribution in [2.75, 3.05) is 11.9 Å². The summed E-state index contributed by atoms with van der Waals surface area (Å²) in [6.07, 6.45) is 1.19. The van der Waals surface area contributed by atoms with E-state index in [-0.39, 0.29) is 12.0 Å². The summed E-state index contributed by atoms with van der Waals surface area (Å²) in [5, 5.41) is 13.2. The molecule has 0 amide bonds. The summed E-state index contributed by atoms with van der Waals surface area (Å²) in [5.41, 5.74) is 0. The minimum absolute atomic E-state index is 0.226. The van der Waals surface area contributed by atoms with E-state index in [1.165, 1.54) is 0 Å². The van der Waals surface area contributed by atoms with Crippen LogP contribution in [-0.4, -0.2) is 22.7 Å². The maximum atomic E-state index is 9.60. The lowest BCUT2D eigenvalue weighted by atomic mass is 10.1. The van der Waals surface area contributed by atoms with Gasteiger partial charge in [0.05, 0.1) is 15.6 Å². The zero-order chi connectivity index (χ0) is 11.4. The Labute approximate surface area is 103 Å². The molecule has 0 saturated heterocycles. The molecular formula is C10H14BrClN2O. The molecule has 0 radical (unpaired) electrons. The summed E-state index contributed by atoms with van der Waals surface area (Å²) >= 11 is 9.10. The van der Waals surface area contributed by atoms with Crippen LogP contribution in [0.2, 0.25) is 5.02 Å². The van der Waals surface area contributed by atoms with E-state index in [2.05, 4.69) is 26.2 Å². The Morgan fingerprint density at radius 3 is 2.80 bits per heavy atom. The van der Waals surface area contributed by atoms with Crippen molar-refractivity contribution in [3.63, 3.8) is 0 Å². The second kappa shape index (κ2) is 5.68. The molecule has 1 heterocycles. The number of aliphatic hydroxyl groups is 1. The molecule has 1 aromatic rings. The van der Waals surface area contributed by atoms with Gasteiger partial charge in [0, 0.05) is 12.7 Å². The van der Waals surface area contributed by atoms with E-state index in [1.807, 2.05) is 13.8 Å². The highest BCUT2D eigenvalue weighted by Gasteiger charge is 2.10. The smallest absolute Gasteiger partial charge is 0.140 e. The summed E-state index contributed by atoms with van der Waals surface area (Å²) in [6, 6.07) is 1.76. The summed E-state index contributed by atoms with van der Waals surface area (Å²) in [5.74, 6) is 0.919. The molecule has 0 saturated carbocycles. The third-order valence-electron chi connectivity index (χ3n) is 2.06. The molecule has 1 atom stereocenters. The second-order valence-electron chi connectivity index (χ2n) is 3.68. The van der Waals surface area contributed by atoms with Gasteiger partial charge in [-0.3, -0.25) is 0 Å². The number of aliphatic hydroxyl groups excluding tert-OH is 1. The summed E-state index contributed by atoms with van der Waals surface area (Å²) in [4.78, 5) is 4.11. The average Bonchev–Trinajstić information content (AvgIpc) is 2.15. The highest BCUT2D eigenvalue weighted by Crippen LogP contribution is 2.23. The molecule has 0 aliphatic rings. The lowest BCUT2D eigenvalue weighted by Crippen LogP contribution is -2.25. The van der Waals surface area contributed by atoms with Crippen LogP contribution >= 0.6 is 27.5 Å². The van der Waals surface area contributed by atoms with E-state index < -0.39 is 0 Å². The molecule has 0 aromatic carbocycles. The van der Waals surface area contributed by atoms with Gasteiger partial charge in [0.1, 0.15) is 5.82 Å². The van der Waals surface area contributed by atoms with Crippen molar-refractivity contribution in [3.8, 4) is 0 Å². The van der Waals surface area contributed by atoms with E-state index >= 15 is 0 Å². The number of hydrogen-bond acceptors (Lipinski definition) is 3. The summed E-state index contributed by atoms with van der Waals surface area (Å²) in [7, 11) is 0. The third kappa shape index (κ3) is 3.97. The number of anilines is 1. The van der Waals surface area contributed by atoms with Crippen LogP contribution in [0.5, 0.6) is 0 Å². The SMILES string of the molecule is CC(C)C(O)CNc1ncc(Cl)cc1Br. The molecule has 0 spiro atoms. The van der Waals surface area contributed by atoms with Gasteiger partial charge in [0.25, 0.3) is 0 Å². The maximum Gasteiger partial charge on any atom is 0.140 e. The van der Waals surface area contributed by atoms with E-state index in [1.54, 1.807) is 12.3 Å². The normalized spacial score (nSPS) is 12.9. The molecule has 1 unspecified atom stereocenters. The van der Waals surface area contributed by atoms with Crippen molar-refractivity contribution in [3.05, 3.63) is 21.8 Å². The van der Waals surface area contributed by atoms with Crippen molar-refractivity contribution in [1.29, 1.82) is 0 Å². The number of nitrogens with zero attached hydrogens (tertiary/aromatic N) is 1. The first-order valence-electron chi connectivity index (χ1n) is 4.73. The molecule has 0 aliphatic carbocycles. The largest absolute Gasteiger partial charge is 0.391 e. The maximum absolute atomic E-state index is 9.60. The fraction of sp³-hybridized carbons (Fsp3) is 0.500. The van der Waals surface area contributed by atoms with Gasteiger partial charge in [-0.15, -0.1) is 0 Å². The topological polar surface area (TPSA) is 45.1 Å². The Morgan fingerprint density at radius 2 is 2.27 bits per heavy atom. The van der Waals surface area contributed by atoms with Gasteiger partial charge in [0.2, 0.25) is 0 Å². The fourth-order valence-corrected chi connectivity index (χ4v) is 1.76. The van der Waals surface area contributed by atoms with E-state index in [4.69, 9.17) is 11.6 Å². The first kappa shape index (κ1) is 12.7. The molecule has 84 valence electrons. The Morgan fingerprint density at radius 1 is 1.60 bits per heavy atom. The third-order valence-corrected chi connectivity index (χ3v) is 2.87. The van der Waals surface area contributed by atoms with Gasteiger partial charge in [-0.05, 0) is 27.9 Å². The van der Waals surface area contributed by atoms with Gasteiger partial charge < -0.3 is 10.4 Å². The van der Waals surface area contributed by atoms with Crippen LogP contribution in [-0.2, 0) is 0 Å². The lowest BCUT2D eigenvalue weighted by molar-refractivity contribution is 0.138.